The smallest absolute Gasteiger partial charge is 0.113 e. The van der Waals surface area contributed by atoms with E-state index in [-0.39, 0.29) is 0 Å². The summed E-state index contributed by atoms with van der Waals surface area (Å²) in [7, 11) is 2.05. The van der Waals surface area contributed by atoms with Crippen LogP contribution in [0.4, 0.5) is 0 Å². The van der Waals surface area contributed by atoms with Gasteiger partial charge in [0.1, 0.15) is 5.60 Å². The predicted octanol–water partition coefficient (Wildman–Crippen LogP) is 1.27. The second kappa shape index (κ2) is 2.83. The number of likely N-dealkylation sites (tertiary alicyclic amines) is 1. The zero-order valence-corrected chi connectivity index (χ0v) is 7.97. The Hall–Kier alpha value is -0.380. The Morgan fingerprint density at radius 3 is 3.00 bits per heavy atom. The molecule has 0 aromatic carbocycles. The molecule has 1 fully saturated rings. The molecule has 0 spiro atoms. The topological polar surface area (TPSA) is 23.5 Å². The number of thiophene rings is 1. The van der Waals surface area contributed by atoms with E-state index in [1.165, 1.54) is 0 Å². The number of likely N-dealkylation sites (N-methyl/N-ethyl adjacent to an activating group) is 1. The second-order valence-electron chi connectivity index (χ2n) is 3.50. The maximum Gasteiger partial charge on any atom is 0.113 e. The lowest BCUT2D eigenvalue weighted by atomic mass is 10.0. The van der Waals surface area contributed by atoms with Gasteiger partial charge in [0.25, 0.3) is 0 Å². The minimum Gasteiger partial charge on any atom is -0.383 e. The Morgan fingerprint density at radius 2 is 2.50 bits per heavy atom. The van der Waals surface area contributed by atoms with E-state index in [9.17, 15) is 5.11 Å². The molecule has 1 atom stereocenters. The Bertz CT molecular complexity index is 260. The lowest BCUT2D eigenvalue weighted by Gasteiger charge is -2.20. The minimum absolute atomic E-state index is 0.567. The first-order valence-electron chi connectivity index (χ1n) is 4.16. The first kappa shape index (κ1) is 8.23. The first-order valence-corrected chi connectivity index (χ1v) is 5.04. The third-order valence-electron chi connectivity index (χ3n) is 2.42. The Balaban J connectivity index is 2.23. The third kappa shape index (κ3) is 1.28. The molecule has 1 aromatic heterocycles. The fraction of sp³-hybridized carbons (Fsp3) is 0.556. The lowest BCUT2D eigenvalue weighted by molar-refractivity contribution is 0.0526. The molecule has 2 rings (SSSR count). The van der Waals surface area contributed by atoms with Gasteiger partial charge >= 0.3 is 0 Å². The van der Waals surface area contributed by atoms with Crippen molar-refractivity contribution in [2.24, 2.45) is 0 Å². The number of hydrogen-bond donors (Lipinski definition) is 1. The Kier molecular flexibility index (Phi) is 1.94. The maximum atomic E-state index is 10.2. The minimum atomic E-state index is -0.567. The van der Waals surface area contributed by atoms with Crippen LogP contribution in [0.15, 0.2) is 17.5 Å². The molecule has 12 heavy (non-hydrogen) atoms. The van der Waals surface area contributed by atoms with Gasteiger partial charge in [-0.2, -0.15) is 0 Å². The van der Waals surface area contributed by atoms with Crippen LogP contribution in [0.1, 0.15) is 11.3 Å². The van der Waals surface area contributed by atoms with Crippen LogP contribution in [0.5, 0.6) is 0 Å². The average molecular weight is 183 g/mol. The monoisotopic (exact) mass is 183 g/mol. The normalized spacial score (nSPS) is 31.2. The molecule has 3 heteroatoms. The number of nitrogens with zero attached hydrogens (tertiary/aromatic N) is 1. The molecule has 2 nitrogen and oxygen atoms in total. The van der Waals surface area contributed by atoms with Gasteiger partial charge in [-0.1, -0.05) is 6.07 Å². The van der Waals surface area contributed by atoms with E-state index in [1.807, 2.05) is 24.6 Å². The zero-order chi connectivity index (χ0) is 8.60. The molecule has 66 valence electrons. The molecule has 1 saturated heterocycles. The molecule has 1 N–H and O–H groups in total. The molecule has 1 aliphatic heterocycles. The summed E-state index contributed by atoms with van der Waals surface area (Å²) in [6.07, 6.45) is 0.865. The summed E-state index contributed by atoms with van der Waals surface area (Å²) in [5.74, 6) is 0. The van der Waals surface area contributed by atoms with E-state index in [2.05, 4.69) is 4.90 Å². The van der Waals surface area contributed by atoms with Gasteiger partial charge in [-0.15, -0.1) is 11.3 Å². The van der Waals surface area contributed by atoms with Crippen LogP contribution in [-0.2, 0) is 5.60 Å². The molecule has 1 aliphatic rings. The highest BCUT2D eigenvalue weighted by Crippen LogP contribution is 2.33. The van der Waals surface area contributed by atoms with Crippen LogP contribution in [0.2, 0.25) is 0 Å². The Morgan fingerprint density at radius 1 is 1.67 bits per heavy atom. The first-order chi connectivity index (χ1) is 5.71. The van der Waals surface area contributed by atoms with Crippen molar-refractivity contribution >= 4 is 11.3 Å². The van der Waals surface area contributed by atoms with Crippen LogP contribution >= 0.6 is 11.3 Å². The highest BCUT2D eigenvalue weighted by atomic mass is 32.1. The van der Waals surface area contributed by atoms with Crippen LogP contribution < -0.4 is 0 Å². The summed E-state index contributed by atoms with van der Waals surface area (Å²) >= 11 is 1.64. The third-order valence-corrected chi connectivity index (χ3v) is 3.48. The summed E-state index contributed by atoms with van der Waals surface area (Å²) in [6.45, 7) is 1.77. The van der Waals surface area contributed by atoms with E-state index in [4.69, 9.17) is 0 Å². The van der Waals surface area contributed by atoms with Gasteiger partial charge in [-0.25, -0.2) is 0 Å². The molecule has 0 bridgehead atoms. The van der Waals surface area contributed by atoms with Crippen LogP contribution in [0.25, 0.3) is 0 Å². The van der Waals surface area contributed by atoms with Crippen molar-refractivity contribution < 1.29 is 5.11 Å². The molecular weight excluding hydrogens is 170 g/mol. The standard InChI is InChI=1S/C9H13NOS/c1-10-5-4-9(11,7-10)8-3-2-6-12-8/h2-3,6,11H,4-5,7H2,1H3. The van der Waals surface area contributed by atoms with Gasteiger partial charge in [0.05, 0.1) is 0 Å². The number of rotatable bonds is 1. The lowest BCUT2D eigenvalue weighted by Crippen LogP contribution is -2.27. The largest absolute Gasteiger partial charge is 0.383 e. The molecule has 0 radical (unpaired) electrons. The van der Waals surface area contributed by atoms with E-state index in [0.29, 0.717) is 0 Å². The maximum absolute atomic E-state index is 10.2. The second-order valence-corrected chi connectivity index (χ2v) is 4.44. The van der Waals surface area contributed by atoms with E-state index in [1.54, 1.807) is 11.3 Å². The molecule has 0 amide bonds. The van der Waals surface area contributed by atoms with Crippen molar-refractivity contribution in [1.82, 2.24) is 4.90 Å². The molecule has 1 aromatic rings. The fourth-order valence-electron chi connectivity index (χ4n) is 1.72. The van der Waals surface area contributed by atoms with Gasteiger partial charge < -0.3 is 10.0 Å². The SMILES string of the molecule is CN1CCC(O)(c2cccs2)C1. The molecule has 1 unspecified atom stereocenters. The Labute approximate surface area is 76.4 Å². The quantitative estimate of drug-likeness (QED) is 0.709. The highest BCUT2D eigenvalue weighted by molar-refractivity contribution is 7.10. The van der Waals surface area contributed by atoms with Crippen molar-refractivity contribution in [3.8, 4) is 0 Å². The van der Waals surface area contributed by atoms with Crippen molar-refractivity contribution in [1.29, 1.82) is 0 Å². The molecule has 0 saturated carbocycles. The van der Waals surface area contributed by atoms with Gasteiger partial charge in [-0.05, 0) is 24.9 Å². The van der Waals surface area contributed by atoms with Crippen LogP contribution in [0, 0.1) is 0 Å². The fourth-order valence-corrected chi connectivity index (χ4v) is 2.57. The molecule has 2 heterocycles. The molecular formula is C9H13NOS. The van der Waals surface area contributed by atoms with Gasteiger partial charge in [0.2, 0.25) is 0 Å². The summed E-state index contributed by atoms with van der Waals surface area (Å²) in [5, 5.41) is 12.2. The van der Waals surface area contributed by atoms with Crippen LogP contribution in [0.3, 0.4) is 0 Å². The summed E-state index contributed by atoms with van der Waals surface area (Å²) < 4.78 is 0. The summed E-state index contributed by atoms with van der Waals surface area (Å²) in [5.41, 5.74) is -0.567. The van der Waals surface area contributed by atoms with Crippen molar-refractivity contribution in [2.45, 2.75) is 12.0 Å². The number of β-amino-alcohol motifs (C(OH)–C–C–N with tert-alkyl or cyclic N) is 1. The van der Waals surface area contributed by atoms with E-state index in [0.717, 1.165) is 24.4 Å². The highest BCUT2D eigenvalue weighted by Gasteiger charge is 2.36. The van der Waals surface area contributed by atoms with E-state index < -0.39 is 5.60 Å². The van der Waals surface area contributed by atoms with Crippen molar-refractivity contribution in [3.05, 3.63) is 22.4 Å². The van der Waals surface area contributed by atoms with Gasteiger partial charge in [0.15, 0.2) is 0 Å². The number of aliphatic hydroxyl groups is 1. The summed E-state index contributed by atoms with van der Waals surface area (Å²) in [4.78, 5) is 3.27. The van der Waals surface area contributed by atoms with Gasteiger partial charge in [-0.3, -0.25) is 0 Å². The predicted molar refractivity (Wildman–Crippen MR) is 50.3 cm³/mol. The van der Waals surface area contributed by atoms with Crippen molar-refractivity contribution in [3.63, 3.8) is 0 Å². The molecule has 0 aliphatic carbocycles. The van der Waals surface area contributed by atoms with E-state index >= 15 is 0 Å². The zero-order valence-electron chi connectivity index (χ0n) is 7.16. The number of hydrogen-bond acceptors (Lipinski definition) is 3. The van der Waals surface area contributed by atoms with Crippen LogP contribution in [-0.4, -0.2) is 30.1 Å². The van der Waals surface area contributed by atoms with Gasteiger partial charge in [0, 0.05) is 18.0 Å². The summed E-state index contributed by atoms with van der Waals surface area (Å²) in [6, 6.07) is 4.01. The average Bonchev–Trinajstić information content (AvgIpc) is 2.59. The van der Waals surface area contributed by atoms with Crippen molar-refractivity contribution in [2.75, 3.05) is 20.1 Å².